The van der Waals surface area contributed by atoms with Crippen molar-refractivity contribution in [3.63, 3.8) is 0 Å². The van der Waals surface area contributed by atoms with Gasteiger partial charge >= 0.3 is 0 Å². The highest BCUT2D eigenvalue weighted by molar-refractivity contribution is 5.76. The molecular weight excluding hydrogens is 320 g/mol. The summed E-state index contributed by atoms with van der Waals surface area (Å²) in [5.41, 5.74) is 5.40. The minimum absolute atomic E-state index is 0.312. The Balaban J connectivity index is 1.41. The lowest BCUT2D eigenvalue weighted by atomic mass is 10.0. The number of hydrogen-bond donors (Lipinski definition) is 0. The first-order chi connectivity index (χ1) is 12.6. The number of amides is 1. The minimum atomic E-state index is 0.312. The molecule has 1 aliphatic heterocycles. The number of nitrogens with zero attached hydrogens (tertiary/aromatic N) is 2. The maximum atomic E-state index is 12.5. The minimum Gasteiger partial charge on any atom is -0.340 e. The van der Waals surface area contributed by atoms with E-state index in [1.807, 2.05) is 11.0 Å². The Labute approximate surface area is 157 Å². The fourth-order valence-electron chi connectivity index (χ4n) is 3.61. The Morgan fingerprint density at radius 1 is 0.962 bits per heavy atom. The molecule has 2 aromatic rings. The smallest absolute Gasteiger partial charge is 0.222 e. The van der Waals surface area contributed by atoms with E-state index in [4.69, 9.17) is 0 Å². The van der Waals surface area contributed by atoms with Crippen LogP contribution in [0, 0.1) is 13.8 Å². The second-order valence-electron chi connectivity index (χ2n) is 7.43. The van der Waals surface area contributed by atoms with Gasteiger partial charge in [0.05, 0.1) is 0 Å². The van der Waals surface area contributed by atoms with Gasteiger partial charge in [0.25, 0.3) is 0 Å². The lowest BCUT2D eigenvalue weighted by molar-refractivity contribution is -0.133. The summed E-state index contributed by atoms with van der Waals surface area (Å²) < 4.78 is 0. The van der Waals surface area contributed by atoms with Crippen molar-refractivity contribution < 1.29 is 4.79 Å². The molecule has 1 fully saturated rings. The summed E-state index contributed by atoms with van der Waals surface area (Å²) in [6.45, 7) is 8.97. The van der Waals surface area contributed by atoms with Crippen LogP contribution in [0.1, 0.15) is 35.1 Å². The van der Waals surface area contributed by atoms with Gasteiger partial charge in [-0.2, -0.15) is 0 Å². The van der Waals surface area contributed by atoms with Gasteiger partial charge in [-0.1, -0.05) is 54.1 Å². The molecule has 1 aliphatic rings. The lowest BCUT2D eigenvalue weighted by Gasteiger charge is -2.35. The molecule has 26 heavy (non-hydrogen) atoms. The number of hydrogen-bond acceptors (Lipinski definition) is 2. The molecule has 0 spiro atoms. The van der Waals surface area contributed by atoms with Crippen LogP contribution in [0.2, 0.25) is 0 Å². The number of piperazine rings is 1. The molecule has 3 nitrogen and oxygen atoms in total. The van der Waals surface area contributed by atoms with Gasteiger partial charge in [-0.3, -0.25) is 9.69 Å². The van der Waals surface area contributed by atoms with Crippen LogP contribution in [0.25, 0.3) is 0 Å². The van der Waals surface area contributed by atoms with Crippen molar-refractivity contribution in [3.05, 3.63) is 70.8 Å². The van der Waals surface area contributed by atoms with Crippen LogP contribution in [-0.2, 0) is 17.8 Å². The predicted molar refractivity (Wildman–Crippen MR) is 107 cm³/mol. The van der Waals surface area contributed by atoms with Crippen LogP contribution >= 0.6 is 0 Å². The van der Waals surface area contributed by atoms with E-state index in [2.05, 4.69) is 61.2 Å². The fraction of sp³-hybridized carbons (Fsp3) is 0.435. The molecule has 3 rings (SSSR count). The standard InChI is InChI=1S/C23H30N2O/c1-19-11-12-20(2)22(17-19)18-24-13-15-25(16-14-24)23(26)10-6-9-21-7-4-3-5-8-21/h3-5,7-8,11-12,17H,6,9-10,13-16,18H2,1-2H3. The van der Waals surface area contributed by atoms with Gasteiger partial charge in [0, 0.05) is 39.1 Å². The summed E-state index contributed by atoms with van der Waals surface area (Å²) in [5, 5.41) is 0. The summed E-state index contributed by atoms with van der Waals surface area (Å²) in [7, 11) is 0. The monoisotopic (exact) mass is 350 g/mol. The summed E-state index contributed by atoms with van der Waals surface area (Å²) in [5.74, 6) is 0.312. The molecule has 0 N–H and O–H groups in total. The molecule has 138 valence electrons. The number of aryl methyl sites for hydroxylation is 3. The zero-order chi connectivity index (χ0) is 18.4. The van der Waals surface area contributed by atoms with E-state index in [1.165, 1.54) is 22.3 Å². The summed E-state index contributed by atoms with van der Waals surface area (Å²) in [4.78, 5) is 17.0. The molecule has 0 saturated carbocycles. The van der Waals surface area contributed by atoms with Gasteiger partial charge < -0.3 is 4.90 Å². The van der Waals surface area contributed by atoms with Gasteiger partial charge in [-0.05, 0) is 43.4 Å². The Morgan fingerprint density at radius 2 is 1.69 bits per heavy atom. The van der Waals surface area contributed by atoms with Crippen LogP contribution in [-0.4, -0.2) is 41.9 Å². The Kier molecular flexibility index (Phi) is 6.45. The summed E-state index contributed by atoms with van der Waals surface area (Å²) in [6.07, 6.45) is 2.58. The third-order valence-corrected chi connectivity index (χ3v) is 5.32. The van der Waals surface area contributed by atoms with Crippen LogP contribution in [0.5, 0.6) is 0 Å². The SMILES string of the molecule is Cc1ccc(C)c(CN2CCN(C(=O)CCCc3ccccc3)CC2)c1. The Bertz CT molecular complexity index is 718. The van der Waals surface area contributed by atoms with E-state index in [1.54, 1.807) is 0 Å². The van der Waals surface area contributed by atoms with Crippen molar-refractivity contribution in [1.29, 1.82) is 0 Å². The molecule has 2 aromatic carbocycles. The number of rotatable bonds is 6. The Hall–Kier alpha value is -2.13. The third-order valence-electron chi connectivity index (χ3n) is 5.32. The molecule has 0 atom stereocenters. The normalized spacial score (nSPS) is 15.2. The highest BCUT2D eigenvalue weighted by Gasteiger charge is 2.21. The van der Waals surface area contributed by atoms with Gasteiger partial charge in [0.15, 0.2) is 0 Å². The van der Waals surface area contributed by atoms with E-state index in [-0.39, 0.29) is 0 Å². The molecule has 1 amide bonds. The maximum Gasteiger partial charge on any atom is 0.222 e. The molecule has 0 aliphatic carbocycles. The average Bonchev–Trinajstić information content (AvgIpc) is 2.66. The predicted octanol–water partition coefficient (Wildman–Crippen LogP) is 3.97. The molecule has 0 aromatic heterocycles. The van der Waals surface area contributed by atoms with Gasteiger partial charge in [0.1, 0.15) is 0 Å². The van der Waals surface area contributed by atoms with Gasteiger partial charge in [-0.15, -0.1) is 0 Å². The molecule has 0 radical (unpaired) electrons. The summed E-state index contributed by atoms with van der Waals surface area (Å²) >= 11 is 0. The number of benzene rings is 2. The lowest BCUT2D eigenvalue weighted by Crippen LogP contribution is -2.48. The van der Waals surface area contributed by atoms with Crippen molar-refractivity contribution in [1.82, 2.24) is 9.80 Å². The maximum absolute atomic E-state index is 12.5. The van der Waals surface area contributed by atoms with Crippen LogP contribution < -0.4 is 0 Å². The van der Waals surface area contributed by atoms with E-state index < -0.39 is 0 Å². The largest absolute Gasteiger partial charge is 0.340 e. The molecule has 3 heteroatoms. The molecule has 1 saturated heterocycles. The third kappa shape index (κ3) is 5.18. The zero-order valence-corrected chi connectivity index (χ0v) is 16.1. The first-order valence-electron chi connectivity index (χ1n) is 9.72. The zero-order valence-electron chi connectivity index (χ0n) is 16.1. The van der Waals surface area contributed by atoms with Crippen molar-refractivity contribution in [3.8, 4) is 0 Å². The summed E-state index contributed by atoms with van der Waals surface area (Å²) in [6, 6.07) is 17.1. The topological polar surface area (TPSA) is 23.6 Å². The fourth-order valence-corrected chi connectivity index (χ4v) is 3.61. The van der Waals surface area contributed by atoms with Gasteiger partial charge in [-0.25, -0.2) is 0 Å². The van der Waals surface area contributed by atoms with Crippen LogP contribution in [0.4, 0.5) is 0 Å². The first-order valence-corrected chi connectivity index (χ1v) is 9.72. The quantitative estimate of drug-likeness (QED) is 0.787. The van der Waals surface area contributed by atoms with Crippen LogP contribution in [0.3, 0.4) is 0 Å². The van der Waals surface area contributed by atoms with Crippen molar-refractivity contribution >= 4 is 5.91 Å². The number of carbonyl (C=O) groups is 1. The van der Waals surface area contributed by atoms with Crippen LogP contribution in [0.15, 0.2) is 48.5 Å². The van der Waals surface area contributed by atoms with E-state index >= 15 is 0 Å². The Morgan fingerprint density at radius 3 is 2.42 bits per heavy atom. The van der Waals surface area contributed by atoms with E-state index in [0.717, 1.165) is 45.6 Å². The van der Waals surface area contributed by atoms with Crippen molar-refractivity contribution in [2.45, 2.75) is 39.7 Å². The van der Waals surface area contributed by atoms with Crippen molar-refractivity contribution in [2.75, 3.05) is 26.2 Å². The highest BCUT2D eigenvalue weighted by Crippen LogP contribution is 2.15. The molecule has 0 unspecified atom stereocenters. The highest BCUT2D eigenvalue weighted by atomic mass is 16.2. The average molecular weight is 351 g/mol. The second kappa shape index (κ2) is 9.00. The molecular formula is C23H30N2O. The van der Waals surface area contributed by atoms with Crippen molar-refractivity contribution in [2.24, 2.45) is 0 Å². The first kappa shape index (κ1) is 18.7. The van der Waals surface area contributed by atoms with E-state index in [0.29, 0.717) is 12.3 Å². The second-order valence-corrected chi connectivity index (χ2v) is 7.43. The molecule has 0 bridgehead atoms. The van der Waals surface area contributed by atoms with Gasteiger partial charge in [0.2, 0.25) is 5.91 Å². The number of carbonyl (C=O) groups excluding carboxylic acids is 1. The van der Waals surface area contributed by atoms with E-state index in [9.17, 15) is 4.79 Å². The molecule has 1 heterocycles.